The van der Waals surface area contributed by atoms with Gasteiger partial charge in [-0.15, -0.1) is 4.33 Å². The molecule has 0 bridgehead atoms. The quantitative estimate of drug-likeness (QED) is 0.112. The average Bonchev–Trinajstić information content (AvgIpc) is 2.71. The molecule has 1 fully saturated rings. The molecule has 0 unspecified atom stereocenters. The number of ether oxygens (including phenoxy) is 1. The molecular weight excluding hydrogens is 458 g/mol. The van der Waals surface area contributed by atoms with Gasteiger partial charge in [0.1, 0.15) is 11.4 Å². The van der Waals surface area contributed by atoms with E-state index < -0.39 is 32.0 Å². The molecule has 8 nitrogen and oxygen atoms in total. The Morgan fingerprint density at radius 3 is 2.26 bits per heavy atom. The molecule has 2 rings (SSSR count). The van der Waals surface area contributed by atoms with Crippen LogP contribution in [0.25, 0.3) is 0 Å². The minimum Gasteiger partial charge on any atom is -0.456 e. The summed E-state index contributed by atoms with van der Waals surface area (Å²) >= 11 is -0.296. The third kappa shape index (κ3) is 7.42. The van der Waals surface area contributed by atoms with Gasteiger partial charge in [0.2, 0.25) is 4.24 Å². The van der Waals surface area contributed by atoms with Crippen LogP contribution in [0.15, 0.2) is 34.6 Å². The lowest BCUT2D eigenvalue weighted by molar-refractivity contribution is -0.447. The Morgan fingerprint density at radius 2 is 1.71 bits per heavy atom. The first kappa shape index (κ1) is 25.5. The third-order valence-electron chi connectivity index (χ3n) is 4.83. The Bertz CT molecular complexity index is 875. The van der Waals surface area contributed by atoms with Crippen LogP contribution in [0.3, 0.4) is 0 Å². The Labute approximate surface area is 184 Å². The van der Waals surface area contributed by atoms with E-state index in [0.717, 1.165) is 44.9 Å². The third-order valence-corrected chi connectivity index (χ3v) is 7.09. The molecular formula is C19H24F2O8S2. The number of carbonyl (C=O) groups excluding carboxylic acids is 1. The van der Waals surface area contributed by atoms with Gasteiger partial charge in [-0.25, -0.2) is 9.68 Å². The molecule has 0 saturated heterocycles. The second kappa shape index (κ2) is 11.2. The van der Waals surface area contributed by atoms with Crippen molar-refractivity contribution in [3.63, 3.8) is 0 Å². The monoisotopic (exact) mass is 482 g/mol. The lowest BCUT2D eigenvalue weighted by atomic mass is 9.79. The second-order valence-electron chi connectivity index (χ2n) is 7.32. The Kier molecular flexibility index (Phi) is 9.25. The fourth-order valence-electron chi connectivity index (χ4n) is 3.23. The van der Waals surface area contributed by atoms with Gasteiger partial charge in [-0.05, 0) is 56.9 Å². The molecule has 174 valence electrons. The summed E-state index contributed by atoms with van der Waals surface area (Å²) < 4.78 is 63.0. The molecule has 0 spiro atoms. The summed E-state index contributed by atoms with van der Waals surface area (Å²) in [7, 11) is -3.88. The number of rotatable bonds is 10. The van der Waals surface area contributed by atoms with E-state index in [9.17, 15) is 22.0 Å². The Morgan fingerprint density at radius 1 is 1.10 bits per heavy atom. The molecule has 0 amide bonds. The highest BCUT2D eigenvalue weighted by Gasteiger charge is 2.34. The van der Waals surface area contributed by atoms with E-state index >= 15 is 0 Å². The van der Waals surface area contributed by atoms with Crippen LogP contribution in [0.2, 0.25) is 0 Å². The van der Waals surface area contributed by atoms with Gasteiger partial charge in [-0.2, -0.15) is 17.2 Å². The van der Waals surface area contributed by atoms with E-state index in [2.05, 4.69) is 18.4 Å². The smallest absolute Gasteiger partial charge is 0.353 e. The molecule has 12 heteroatoms. The molecule has 0 N–H and O–H groups in total. The molecule has 0 atom stereocenters. The van der Waals surface area contributed by atoms with E-state index in [1.165, 1.54) is 18.6 Å². The van der Waals surface area contributed by atoms with Crippen LogP contribution in [-0.4, -0.2) is 27.1 Å². The van der Waals surface area contributed by atoms with Crippen molar-refractivity contribution >= 4 is 28.1 Å². The van der Waals surface area contributed by atoms with E-state index in [1.54, 1.807) is 0 Å². The van der Waals surface area contributed by atoms with Crippen LogP contribution in [0.5, 0.6) is 5.75 Å². The first-order valence-electron chi connectivity index (χ1n) is 9.44. The van der Waals surface area contributed by atoms with Gasteiger partial charge in [0, 0.05) is 0 Å². The number of halogens is 2. The summed E-state index contributed by atoms with van der Waals surface area (Å²) in [6, 6.07) is 4.90. The predicted molar refractivity (Wildman–Crippen MR) is 108 cm³/mol. The second-order valence-corrected chi connectivity index (χ2v) is 9.78. The molecule has 1 aromatic carbocycles. The van der Waals surface area contributed by atoms with Gasteiger partial charge in [-0.1, -0.05) is 24.3 Å². The van der Waals surface area contributed by atoms with Gasteiger partial charge in [0.05, 0.1) is 24.7 Å². The van der Waals surface area contributed by atoms with Gasteiger partial charge in [-0.3, -0.25) is 0 Å². The maximum atomic E-state index is 13.0. The summed E-state index contributed by atoms with van der Waals surface area (Å²) in [5, 5.41) is 3.91. The molecule has 0 aliphatic heterocycles. The summed E-state index contributed by atoms with van der Waals surface area (Å²) in [5.74, 6) is -0.586. The first-order valence-corrected chi connectivity index (χ1v) is 11.6. The van der Waals surface area contributed by atoms with Crippen molar-refractivity contribution in [1.29, 1.82) is 0 Å². The molecule has 1 aliphatic rings. The molecule has 1 aliphatic carbocycles. The van der Waals surface area contributed by atoms with Crippen molar-refractivity contribution in [2.45, 2.75) is 51.6 Å². The highest BCUT2D eigenvalue weighted by molar-refractivity contribution is 8.14. The fraction of sp³-hybridized carbons (Fsp3) is 0.526. The summed E-state index contributed by atoms with van der Waals surface area (Å²) in [6.07, 6.45) is 2.80. The van der Waals surface area contributed by atoms with Gasteiger partial charge >= 0.3 is 22.2 Å². The van der Waals surface area contributed by atoms with Crippen molar-refractivity contribution < 1.29 is 45.2 Å². The number of carbonyl (C=O) groups is 1. The molecule has 0 aromatic heterocycles. The number of hydrogen-bond donors (Lipinski definition) is 0. The maximum Gasteiger partial charge on any atom is 0.353 e. The van der Waals surface area contributed by atoms with Crippen LogP contribution in [-0.2, 0) is 29.1 Å². The van der Waals surface area contributed by atoms with Gasteiger partial charge < -0.3 is 8.92 Å². The van der Waals surface area contributed by atoms with Crippen LogP contribution in [0.4, 0.5) is 8.78 Å². The minimum atomic E-state index is -4.92. The van der Waals surface area contributed by atoms with Gasteiger partial charge in [0.25, 0.3) is 0 Å². The number of esters is 1. The van der Waals surface area contributed by atoms with Crippen LogP contribution >= 0.6 is 12.0 Å². The molecule has 0 radical (unpaired) electrons. The van der Waals surface area contributed by atoms with Crippen molar-refractivity contribution in [3.8, 4) is 5.75 Å². The highest BCUT2D eigenvalue weighted by atomic mass is 32.3. The van der Waals surface area contributed by atoms with Crippen LogP contribution in [0.1, 0.15) is 56.3 Å². The van der Waals surface area contributed by atoms with E-state index in [0.29, 0.717) is 0 Å². The standard InChI is InChI=1S/C19H24F2O8S2/c1-19(2,14-7-5-4-6-8-14)26-17(22)13-9-11-15(12-10-13)27-31(23,24)18(16(20)21)30-29-28-25-3/h9-12,14H,4-8H2,1-3H3. The predicted octanol–water partition coefficient (Wildman–Crippen LogP) is 5.13. The van der Waals surface area contributed by atoms with E-state index in [-0.39, 0.29) is 29.3 Å². The average molecular weight is 483 g/mol. The van der Waals surface area contributed by atoms with Crippen molar-refractivity contribution in [2.24, 2.45) is 5.92 Å². The topological polar surface area (TPSA) is 97.4 Å². The zero-order valence-corrected chi connectivity index (χ0v) is 18.9. The first-order chi connectivity index (χ1) is 14.6. The molecule has 31 heavy (non-hydrogen) atoms. The number of hydrogen-bond acceptors (Lipinski definition) is 9. The summed E-state index contributed by atoms with van der Waals surface area (Å²) in [6.45, 7) is 3.74. The van der Waals surface area contributed by atoms with Crippen molar-refractivity contribution in [3.05, 3.63) is 40.1 Å². The highest BCUT2D eigenvalue weighted by Crippen LogP contribution is 2.35. The Balaban J connectivity index is 2.05. The van der Waals surface area contributed by atoms with Crippen LogP contribution in [0, 0.1) is 5.92 Å². The van der Waals surface area contributed by atoms with Crippen molar-refractivity contribution in [2.75, 3.05) is 7.11 Å². The van der Waals surface area contributed by atoms with E-state index in [1.807, 2.05) is 13.8 Å². The maximum absolute atomic E-state index is 13.0. The molecule has 0 heterocycles. The minimum absolute atomic E-state index is 0.173. The lowest BCUT2D eigenvalue weighted by Gasteiger charge is -2.36. The molecule has 1 saturated carbocycles. The summed E-state index contributed by atoms with van der Waals surface area (Å²) in [5.41, 5.74) is -0.470. The largest absolute Gasteiger partial charge is 0.456 e. The molecule has 1 aromatic rings. The van der Waals surface area contributed by atoms with E-state index in [4.69, 9.17) is 4.74 Å². The zero-order valence-electron chi connectivity index (χ0n) is 17.3. The summed E-state index contributed by atoms with van der Waals surface area (Å²) in [4.78, 5) is 16.5. The normalized spacial score (nSPS) is 15.4. The van der Waals surface area contributed by atoms with Crippen molar-refractivity contribution in [1.82, 2.24) is 0 Å². The lowest BCUT2D eigenvalue weighted by Crippen LogP contribution is -2.37. The SMILES string of the molecule is COOOSC(=C(F)F)S(=O)(=O)Oc1ccc(C(=O)OC(C)(C)C2CCCCC2)cc1. The Hall–Kier alpha value is -1.73. The fourth-order valence-corrected chi connectivity index (χ4v) is 4.59. The van der Waals surface area contributed by atoms with Crippen LogP contribution < -0.4 is 4.18 Å². The zero-order chi connectivity index (χ0) is 23.1. The number of benzene rings is 1. The van der Waals surface area contributed by atoms with Gasteiger partial charge in [0.15, 0.2) is 0 Å².